The molecular weight excluding hydrogens is 272 g/mol. The van der Waals surface area contributed by atoms with Crippen LogP contribution < -0.4 is 0 Å². The monoisotopic (exact) mass is 286 g/mol. The lowest BCUT2D eigenvalue weighted by Gasteiger charge is -2.12. The first-order valence-electron chi connectivity index (χ1n) is 6.57. The van der Waals surface area contributed by atoms with Gasteiger partial charge in [0.05, 0.1) is 11.9 Å². The van der Waals surface area contributed by atoms with Crippen LogP contribution in [0.3, 0.4) is 0 Å². The van der Waals surface area contributed by atoms with Crippen molar-refractivity contribution < 1.29 is 0 Å². The minimum Gasteiger partial charge on any atom is -0.315 e. The summed E-state index contributed by atoms with van der Waals surface area (Å²) in [5, 5.41) is 9.33. The smallest absolute Gasteiger partial charge is 0.167 e. The molecule has 2 aliphatic rings. The van der Waals surface area contributed by atoms with E-state index < -0.39 is 0 Å². The van der Waals surface area contributed by atoms with Crippen LogP contribution >= 0.6 is 11.6 Å². The second-order valence-electron chi connectivity index (χ2n) is 5.23. The molecule has 0 N–H and O–H groups in total. The lowest BCUT2D eigenvalue weighted by molar-refractivity contribution is 0.515. The summed E-state index contributed by atoms with van der Waals surface area (Å²) in [4.78, 5) is 4.30. The zero-order chi connectivity index (χ0) is 14.1. The summed E-state index contributed by atoms with van der Waals surface area (Å²) in [6.07, 6.45) is 3.62. The van der Waals surface area contributed by atoms with E-state index in [9.17, 15) is 0 Å². The molecule has 0 spiro atoms. The standard InChI is InChI=1S/C15H15ClN4/c1-10(2)8-20-9-17-7-13-14(18-19-15(13)20)11-3-5-12(16)6-4-11/h3-7,9-10H,8H2,1-2H3. The van der Waals surface area contributed by atoms with Crippen LogP contribution in [0, 0.1) is 5.92 Å². The van der Waals surface area contributed by atoms with Gasteiger partial charge in [-0.15, -0.1) is 10.2 Å². The number of aromatic nitrogens is 4. The molecule has 20 heavy (non-hydrogen) atoms. The molecule has 0 saturated carbocycles. The number of hydrogen-bond acceptors (Lipinski definition) is 3. The highest BCUT2D eigenvalue weighted by atomic mass is 35.5. The van der Waals surface area contributed by atoms with E-state index in [1.54, 1.807) is 0 Å². The van der Waals surface area contributed by atoms with Crippen LogP contribution in [0.25, 0.3) is 22.6 Å². The molecule has 0 amide bonds. The number of halogens is 1. The van der Waals surface area contributed by atoms with Gasteiger partial charge in [-0.2, -0.15) is 0 Å². The van der Waals surface area contributed by atoms with Gasteiger partial charge in [0, 0.05) is 23.3 Å². The molecule has 3 rings (SSSR count). The molecule has 0 saturated heterocycles. The summed E-state index contributed by atoms with van der Waals surface area (Å²) in [5.41, 5.74) is 2.82. The normalized spacial score (nSPS) is 11.4. The molecule has 1 aromatic carbocycles. The third-order valence-corrected chi connectivity index (χ3v) is 3.35. The van der Waals surface area contributed by atoms with Crippen molar-refractivity contribution in [2.24, 2.45) is 5.92 Å². The first-order chi connectivity index (χ1) is 9.65. The van der Waals surface area contributed by atoms with Gasteiger partial charge in [0.1, 0.15) is 5.69 Å². The fourth-order valence-electron chi connectivity index (χ4n) is 2.23. The van der Waals surface area contributed by atoms with Gasteiger partial charge in [-0.3, -0.25) is 0 Å². The highest BCUT2D eigenvalue weighted by molar-refractivity contribution is 6.30. The van der Waals surface area contributed by atoms with E-state index in [1.807, 2.05) is 41.4 Å². The predicted molar refractivity (Wildman–Crippen MR) is 79.7 cm³/mol. The molecule has 0 aliphatic carbocycles. The molecule has 0 atom stereocenters. The maximum absolute atomic E-state index is 5.92. The minimum absolute atomic E-state index is 0.531. The van der Waals surface area contributed by atoms with E-state index in [2.05, 4.69) is 29.0 Å². The Kier molecular flexibility index (Phi) is 3.40. The van der Waals surface area contributed by atoms with Crippen LogP contribution in [-0.2, 0) is 6.54 Å². The highest BCUT2D eigenvalue weighted by Gasteiger charge is 2.18. The third kappa shape index (κ3) is 2.39. The van der Waals surface area contributed by atoms with E-state index in [1.165, 1.54) is 0 Å². The van der Waals surface area contributed by atoms with Gasteiger partial charge in [0.2, 0.25) is 0 Å². The van der Waals surface area contributed by atoms with Crippen LogP contribution in [-0.4, -0.2) is 19.7 Å². The van der Waals surface area contributed by atoms with Crippen LogP contribution in [0.2, 0.25) is 5.02 Å². The number of hydrogen-bond donors (Lipinski definition) is 0. The predicted octanol–water partition coefficient (Wildman–Crippen LogP) is 3.75. The van der Waals surface area contributed by atoms with Gasteiger partial charge in [-0.1, -0.05) is 37.6 Å². The quantitative estimate of drug-likeness (QED) is 0.736. The molecule has 0 fully saturated rings. The van der Waals surface area contributed by atoms with Gasteiger partial charge >= 0.3 is 0 Å². The Balaban J connectivity index is 2.05. The van der Waals surface area contributed by atoms with Gasteiger partial charge in [-0.05, 0) is 18.1 Å². The van der Waals surface area contributed by atoms with Gasteiger partial charge in [-0.25, -0.2) is 4.98 Å². The number of fused-ring (bicyclic) bond motifs is 1. The molecule has 0 bridgehead atoms. The van der Waals surface area contributed by atoms with Crippen molar-refractivity contribution in [3.8, 4) is 22.6 Å². The van der Waals surface area contributed by atoms with E-state index in [-0.39, 0.29) is 0 Å². The summed E-state index contributed by atoms with van der Waals surface area (Å²) in [6.45, 7) is 5.22. The molecule has 0 aromatic heterocycles. The molecule has 5 heteroatoms. The van der Waals surface area contributed by atoms with Crippen molar-refractivity contribution in [3.05, 3.63) is 41.8 Å². The van der Waals surface area contributed by atoms with Gasteiger partial charge in [0.15, 0.2) is 5.82 Å². The summed E-state index contributed by atoms with van der Waals surface area (Å²) in [6, 6.07) is 7.61. The molecule has 2 heterocycles. The Morgan fingerprint density at radius 2 is 1.90 bits per heavy atom. The average molecular weight is 287 g/mol. The van der Waals surface area contributed by atoms with Crippen molar-refractivity contribution in [2.45, 2.75) is 20.4 Å². The Morgan fingerprint density at radius 1 is 1.15 bits per heavy atom. The first kappa shape index (κ1) is 13.1. The first-order valence-corrected chi connectivity index (χ1v) is 6.95. The fraction of sp³-hybridized carbons (Fsp3) is 0.267. The Morgan fingerprint density at radius 3 is 2.60 bits per heavy atom. The highest BCUT2D eigenvalue weighted by Crippen LogP contribution is 2.31. The van der Waals surface area contributed by atoms with Crippen LogP contribution in [0.15, 0.2) is 36.8 Å². The van der Waals surface area contributed by atoms with E-state index in [4.69, 9.17) is 11.6 Å². The van der Waals surface area contributed by atoms with Crippen molar-refractivity contribution >= 4 is 11.6 Å². The van der Waals surface area contributed by atoms with Crippen LogP contribution in [0.1, 0.15) is 13.8 Å². The fourth-order valence-corrected chi connectivity index (χ4v) is 2.36. The molecule has 102 valence electrons. The second kappa shape index (κ2) is 5.21. The maximum atomic E-state index is 5.92. The van der Waals surface area contributed by atoms with Crippen LogP contribution in [0.4, 0.5) is 0 Å². The Bertz CT molecular complexity index is 688. The number of benzene rings is 1. The van der Waals surface area contributed by atoms with Gasteiger partial charge < -0.3 is 4.57 Å². The van der Waals surface area contributed by atoms with Crippen molar-refractivity contribution in [2.75, 3.05) is 0 Å². The lowest BCUT2D eigenvalue weighted by atomic mass is 10.1. The maximum Gasteiger partial charge on any atom is 0.167 e. The summed E-state index contributed by atoms with van der Waals surface area (Å²) < 4.78 is 2.05. The third-order valence-electron chi connectivity index (χ3n) is 3.10. The zero-order valence-electron chi connectivity index (χ0n) is 11.4. The average Bonchev–Trinajstić information content (AvgIpc) is 2.84. The van der Waals surface area contributed by atoms with E-state index in [0.29, 0.717) is 10.9 Å². The summed E-state index contributed by atoms with van der Waals surface area (Å²) >= 11 is 5.92. The summed E-state index contributed by atoms with van der Waals surface area (Å²) in [7, 11) is 0. The Labute approximate surface area is 122 Å². The molecule has 2 aliphatic heterocycles. The van der Waals surface area contributed by atoms with Gasteiger partial charge in [0.25, 0.3) is 0 Å². The van der Waals surface area contributed by atoms with E-state index in [0.717, 1.165) is 29.2 Å². The number of rotatable bonds is 3. The van der Waals surface area contributed by atoms with Crippen molar-refractivity contribution in [3.63, 3.8) is 0 Å². The molecule has 4 nitrogen and oxygen atoms in total. The molecule has 1 aromatic rings. The minimum atomic E-state index is 0.531. The largest absolute Gasteiger partial charge is 0.315 e. The zero-order valence-corrected chi connectivity index (χ0v) is 12.2. The molecule has 0 radical (unpaired) electrons. The SMILES string of the molecule is CC(C)Cn1cncc2c(-c3ccc(Cl)cc3)nnc1-2. The molecule has 0 unspecified atom stereocenters. The van der Waals surface area contributed by atoms with E-state index >= 15 is 0 Å². The Hall–Kier alpha value is -1.94. The van der Waals surface area contributed by atoms with Crippen molar-refractivity contribution in [1.82, 2.24) is 19.7 Å². The van der Waals surface area contributed by atoms with Crippen LogP contribution in [0.5, 0.6) is 0 Å². The number of nitrogens with zero attached hydrogens (tertiary/aromatic N) is 4. The second-order valence-corrected chi connectivity index (χ2v) is 5.67. The topological polar surface area (TPSA) is 43.6 Å². The summed E-state index contributed by atoms with van der Waals surface area (Å²) in [5.74, 6) is 1.40. The van der Waals surface area contributed by atoms with Crippen molar-refractivity contribution in [1.29, 1.82) is 0 Å². The molecular formula is C15H15ClN4. The lowest BCUT2D eigenvalue weighted by Crippen LogP contribution is -2.09.